The second-order valence-corrected chi connectivity index (χ2v) is 10.3. The largest absolute Gasteiger partial charge is 0.454 e. The summed E-state index contributed by atoms with van der Waals surface area (Å²) in [6.45, 7) is 1.99. The maximum Gasteiger partial charge on any atom is 0.338 e. The normalized spacial score (nSPS) is 27.0. The van der Waals surface area contributed by atoms with Gasteiger partial charge in [0.05, 0.1) is 18.8 Å². The van der Waals surface area contributed by atoms with Crippen molar-refractivity contribution in [3.05, 3.63) is 94.4 Å². The van der Waals surface area contributed by atoms with E-state index in [-0.39, 0.29) is 13.2 Å². The van der Waals surface area contributed by atoms with Crippen molar-refractivity contribution in [2.75, 3.05) is 13.2 Å². The molecule has 4 rings (SSSR count). The Morgan fingerprint density at radius 2 is 1.81 bits per heavy atom. The summed E-state index contributed by atoms with van der Waals surface area (Å²) in [6.07, 6.45) is 1.45. The summed E-state index contributed by atoms with van der Waals surface area (Å²) in [5.74, 6) is -0.578. The third kappa shape index (κ3) is 8.62. The maximum absolute atomic E-state index is 12.9. The smallest absolute Gasteiger partial charge is 0.338 e. The van der Waals surface area contributed by atoms with Gasteiger partial charge >= 0.3 is 5.97 Å². The first-order chi connectivity index (χ1) is 20.5. The molecule has 0 saturated carbocycles. The Bertz CT molecular complexity index is 1180. The van der Waals surface area contributed by atoms with Crippen LogP contribution in [-0.2, 0) is 23.7 Å². The molecular weight excluding hydrogens is 542 g/mol. The number of hydrogen-bond donors (Lipinski definition) is 2. The molecule has 2 N–H and O–H groups in total. The van der Waals surface area contributed by atoms with Crippen LogP contribution in [0.15, 0.2) is 77.9 Å². The number of unbranched alkanes of at least 4 members (excludes halogenated alkanes) is 4. The number of carbonyl (C=O) groups excluding carboxylic acids is 1. The zero-order valence-electron chi connectivity index (χ0n) is 23.7. The van der Waals surface area contributed by atoms with E-state index in [9.17, 15) is 20.5 Å². The first-order valence-corrected chi connectivity index (χ1v) is 14.4. The number of benzene rings is 2. The summed E-state index contributed by atoms with van der Waals surface area (Å²) in [5.41, 5.74) is 10.4. The molecule has 2 aromatic carbocycles. The average molecular weight is 582 g/mol. The van der Waals surface area contributed by atoms with Crippen molar-refractivity contribution < 1.29 is 38.7 Å². The van der Waals surface area contributed by atoms with Crippen LogP contribution in [0.25, 0.3) is 10.4 Å². The Morgan fingerprint density at radius 3 is 2.52 bits per heavy atom. The van der Waals surface area contributed by atoms with Gasteiger partial charge in [-0.2, -0.15) is 0 Å². The number of carbonyl (C=O) groups is 1. The minimum atomic E-state index is -1.45. The number of allylic oxidation sites excluding steroid dienone is 1. The van der Waals surface area contributed by atoms with E-state index < -0.39 is 55.1 Å². The molecular formula is C31H39N3O8. The van der Waals surface area contributed by atoms with Crippen molar-refractivity contribution in [1.82, 2.24) is 0 Å². The maximum atomic E-state index is 12.9. The van der Waals surface area contributed by atoms with Gasteiger partial charge in [-0.05, 0) is 36.6 Å². The molecule has 8 atom stereocenters. The van der Waals surface area contributed by atoms with Crippen LogP contribution in [0, 0.1) is 0 Å². The lowest BCUT2D eigenvalue weighted by Crippen LogP contribution is -2.62. The van der Waals surface area contributed by atoms with Crippen LogP contribution in [0.5, 0.6) is 0 Å². The lowest BCUT2D eigenvalue weighted by molar-refractivity contribution is -0.361. The van der Waals surface area contributed by atoms with Crippen LogP contribution < -0.4 is 0 Å². The Morgan fingerprint density at radius 1 is 1.07 bits per heavy atom. The van der Waals surface area contributed by atoms with Crippen molar-refractivity contribution in [1.29, 1.82) is 0 Å². The standard InChI is InChI=1S/C31H39N3O8/c1-2-3-4-5-6-13-18-24(40-29(37)21-14-9-7-10-15-21)23(33-34-32)19-38-31-27(36)26(35)28-25(41-31)20-39-30(42-28)22-16-11-8-12-17-22/h7-18,23-28,30-31,35-36H,2-6,19-20H2,1H3/t23?,24?,25-,26-,27-,28+,30?,31+/m1/s1. The van der Waals surface area contributed by atoms with E-state index in [1.165, 1.54) is 0 Å². The third-order valence-corrected chi connectivity index (χ3v) is 7.22. The first-order valence-electron chi connectivity index (χ1n) is 14.4. The molecule has 2 aromatic rings. The minimum Gasteiger partial charge on any atom is -0.454 e. The lowest BCUT2D eigenvalue weighted by atomic mass is 9.98. The Balaban J connectivity index is 1.41. The molecule has 0 aromatic heterocycles. The van der Waals surface area contributed by atoms with Crippen LogP contribution in [0.1, 0.15) is 61.2 Å². The van der Waals surface area contributed by atoms with E-state index in [1.54, 1.807) is 36.4 Å². The molecule has 2 aliphatic heterocycles. The number of nitrogens with zero attached hydrogens (tertiary/aromatic N) is 3. The molecule has 3 unspecified atom stereocenters. The summed E-state index contributed by atoms with van der Waals surface area (Å²) in [7, 11) is 0. The van der Waals surface area contributed by atoms with Gasteiger partial charge < -0.3 is 33.9 Å². The van der Waals surface area contributed by atoms with Gasteiger partial charge in [-0.3, -0.25) is 0 Å². The number of ether oxygens (including phenoxy) is 5. The van der Waals surface area contributed by atoms with E-state index in [4.69, 9.17) is 23.7 Å². The summed E-state index contributed by atoms with van der Waals surface area (Å²) in [4.78, 5) is 15.8. The van der Waals surface area contributed by atoms with Gasteiger partial charge in [0, 0.05) is 10.5 Å². The van der Waals surface area contributed by atoms with Gasteiger partial charge in [-0.25, -0.2) is 4.79 Å². The average Bonchev–Trinajstić information content (AvgIpc) is 3.03. The van der Waals surface area contributed by atoms with Crippen molar-refractivity contribution in [3.63, 3.8) is 0 Å². The van der Waals surface area contributed by atoms with Crippen molar-refractivity contribution >= 4 is 5.97 Å². The highest BCUT2D eigenvalue weighted by molar-refractivity contribution is 5.89. The van der Waals surface area contributed by atoms with E-state index in [1.807, 2.05) is 36.4 Å². The zero-order valence-corrected chi connectivity index (χ0v) is 23.7. The van der Waals surface area contributed by atoms with E-state index in [0.717, 1.165) is 37.7 Å². The molecule has 2 heterocycles. The fourth-order valence-electron chi connectivity index (χ4n) is 4.88. The van der Waals surface area contributed by atoms with Crippen molar-refractivity contribution in [2.24, 2.45) is 5.11 Å². The Hall–Kier alpha value is -3.28. The summed E-state index contributed by atoms with van der Waals surface area (Å²) < 4.78 is 29.2. The summed E-state index contributed by atoms with van der Waals surface area (Å²) >= 11 is 0. The van der Waals surface area contributed by atoms with Crippen molar-refractivity contribution in [2.45, 2.75) is 88.2 Å². The Labute approximate surface area is 245 Å². The molecule has 2 saturated heterocycles. The number of aliphatic hydroxyl groups is 2. The molecule has 0 radical (unpaired) electrons. The third-order valence-electron chi connectivity index (χ3n) is 7.22. The molecule has 0 aliphatic carbocycles. The molecule has 11 heteroatoms. The second-order valence-electron chi connectivity index (χ2n) is 10.3. The topological polar surface area (TPSA) is 152 Å². The summed E-state index contributed by atoms with van der Waals surface area (Å²) in [5, 5.41) is 25.5. The van der Waals surface area contributed by atoms with Gasteiger partial charge in [-0.15, -0.1) is 0 Å². The van der Waals surface area contributed by atoms with E-state index in [2.05, 4.69) is 16.9 Å². The van der Waals surface area contributed by atoms with Gasteiger partial charge in [-0.1, -0.05) is 85.9 Å². The quantitative estimate of drug-likeness (QED) is 0.0790. The van der Waals surface area contributed by atoms with Gasteiger partial charge in [0.25, 0.3) is 0 Å². The van der Waals surface area contributed by atoms with Crippen LogP contribution in [0.4, 0.5) is 0 Å². The van der Waals surface area contributed by atoms with Gasteiger partial charge in [0.2, 0.25) is 0 Å². The van der Waals surface area contributed by atoms with E-state index >= 15 is 0 Å². The van der Waals surface area contributed by atoms with Crippen LogP contribution >= 0.6 is 0 Å². The predicted octanol–water partition coefficient (Wildman–Crippen LogP) is 5.00. The predicted molar refractivity (Wildman–Crippen MR) is 153 cm³/mol. The summed E-state index contributed by atoms with van der Waals surface area (Å²) in [6, 6.07) is 16.8. The number of azide groups is 1. The molecule has 0 spiro atoms. The van der Waals surface area contributed by atoms with E-state index in [0.29, 0.717) is 5.56 Å². The fraction of sp³-hybridized carbons (Fsp3) is 0.516. The van der Waals surface area contributed by atoms with Gasteiger partial charge in [0.15, 0.2) is 12.6 Å². The molecule has 226 valence electrons. The van der Waals surface area contributed by atoms with Crippen LogP contribution in [-0.4, -0.2) is 72.2 Å². The molecule has 2 fully saturated rings. The lowest BCUT2D eigenvalue weighted by Gasteiger charge is -2.46. The molecule has 2 aliphatic rings. The SMILES string of the molecule is CCCCCCC=CC(OC(=O)c1ccccc1)C(CO[C@H]1O[C@@H]2COC(c3ccccc3)O[C@@H]2[C@H](O)[C@H]1O)N=[N+]=[N-]. The number of hydrogen-bond acceptors (Lipinski definition) is 9. The Kier molecular flexibility index (Phi) is 12.3. The number of esters is 1. The fourth-order valence-corrected chi connectivity index (χ4v) is 4.88. The number of fused-ring (bicyclic) bond motifs is 1. The monoisotopic (exact) mass is 581 g/mol. The van der Waals surface area contributed by atoms with Crippen LogP contribution in [0.3, 0.4) is 0 Å². The highest BCUT2D eigenvalue weighted by Gasteiger charge is 2.49. The molecule has 11 nitrogen and oxygen atoms in total. The minimum absolute atomic E-state index is 0.103. The first kappa shape index (κ1) is 31.7. The molecule has 42 heavy (non-hydrogen) atoms. The van der Waals surface area contributed by atoms with Gasteiger partial charge in [0.1, 0.15) is 36.6 Å². The highest BCUT2D eigenvalue weighted by Crippen LogP contribution is 2.34. The molecule has 0 amide bonds. The number of aliphatic hydroxyl groups excluding tert-OH is 2. The number of rotatable bonds is 14. The zero-order chi connectivity index (χ0) is 29.7. The highest BCUT2D eigenvalue weighted by atomic mass is 16.8. The second kappa shape index (κ2) is 16.4. The molecule has 0 bridgehead atoms. The van der Waals surface area contributed by atoms with Crippen LogP contribution in [0.2, 0.25) is 0 Å². The van der Waals surface area contributed by atoms with Crippen molar-refractivity contribution in [3.8, 4) is 0 Å².